The van der Waals surface area contributed by atoms with Gasteiger partial charge in [0.25, 0.3) is 0 Å². The lowest BCUT2D eigenvalue weighted by Crippen LogP contribution is -2.45. The molecule has 1 fully saturated rings. The van der Waals surface area contributed by atoms with E-state index < -0.39 is 0 Å². The highest BCUT2D eigenvalue weighted by Gasteiger charge is 2.20. The summed E-state index contributed by atoms with van der Waals surface area (Å²) >= 11 is 5.41. The second kappa shape index (κ2) is 8.67. The first kappa shape index (κ1) is 15.7. The van der Waals surface area contributed by atoms with Gasteiger partial charge in [-0.15, -0.1) is 0 Å². The number of nitrogens with zero attached hydrogens (tertiary/aromatic N) is 2. The molecule has 0 aliphatic carbocycles. The van der Waals surface area contributed by atoms with Crippen molar-refractivity contribution in [3.63, 3.8) is 0 Å². The van der Waals surface area contributed by atoms with Gasteiger partial charge in [0.1, 0.15) is 0 Å². The van der Waals surface area contributed by atoms with E-state index in [-0.39, 0.29) is 0 Å². The van der Waals surface area contributed by atoms with Gasteiger partial charge in [0.05, 0.1) is 0 Å². The minimum absolute atomic E-state index is 0.792. The summed E-state index contributed by atoms with van der Waals surface area (Å²) in [5, 5.41) is 4.22. The zero-order valence-electron chi connectivity index (χ0n) is 11.9. The number of likely N-dealkylation sites (tertiary alicyclic amines) is 1. The van der Waals surface area contributed by atoms with E-state index in [9.17, 15) is 0 Å². The van der Waals surface area contributed by atoms with Crippen molar-refractivity contribution in [2.75, 3.05) is 54.0 Å². The van der Waals surface area contributed by atoms with Gasteiger partial charge in [0.15, 0.2) is 5.11 Å². The monoisotopic (exact) mass is 273 g/mol. The molecule has 0 saturated carbocycles. The van der Waals surface area contributed by atoms with Crippen LogP contribution in [0.1, 0.15) is 19.3 Å². The van der Waals surface area contributed by atoms with Crippen LogP contribution in [0.3, 0.4) is 0 Å². The fourth-order valence-electron chi connectivity index (χ4n) is 2.36. The Morgan fingerprint density at radius 1 is 1.39 bits per heavy atom. The van der Waals surface area contributed by atoms with E-state index >= 15 is 0 Å². The number of methoxy groups -OCH3 is 1. The van der Waals surface area contributed by atoms with Gasteiger partial charge < -0.3 is 19.9 Å². The van der Waals surface area contributed by atoms with Gasteiger partial charge in [-0.25, -0.2) is 0 Å². The van der Waals surface area contributed by atoms with E-state index in [1.807, 2.05) is 0 Å². The second-order valence-corrected chi connectivity index (χ2v) is 5.66. The van der Waals surface area contributed by atoms with Crippen molar-refractivity contribution in [3.05, 3.63) is 0 Å². The van der Waals surface area contributed by atoms with Crippen LogP contribution in [0.2, 0.25) is 0 Å². The predicted octanol–water partition coefficient (Wildman–Crippen LogP) is 1.17. The van der Waals surface area contributed by atoms with Gasteiger partial charge in [-0.1, -0.05) is 0 Å². The summed E-state index contributed by atoms with van der Waals surface area (Å²) < 4.78 is 5.02. The fourth-order valence-corrected chi connectivity index (χ4v) is 2.64. The molecule has 0 radical (unpaired) electrons. The van der Waals surface area contributed by atoms with Crippen LogP contribution in [-0.4, -0.2) is 68.9 Å². The molecule has 1 saturated heterocycles. The molecule has 0 aromatic heterocycles. The van der Waals surface area contributed by atoms with E-state index in [0.717, 1.165) is 43.7 Å². The van der Waals surface area contributed by atoms with Crippen LogP contribution in [0.5, 0.6) is 0 Å². The van der Waals surface area contributed by atoms with Crippen LogP contribution in [0.25, 0.3) is 0 Å². The minimum Gasteiger partial charge on any atom is -0.385 e. The van der Waals surface area contributed by atoms with Crippen LogP contribution in [0.15, 0.2) is 0 Å². The Bertz CT molecular complexity index is 240. The van der Waals surface area contributed by atoms with Gasteiger partial charge in [0.2, 0.25) is 0 Å². The smallest absolute Gasteiger partial charge is 0.168 e. The Balaban J connectivity index is 2.15. The third-order valence-electron chi connectivity index (χ3n) is 3.33. The highest BCUT2D eigenvalue weighted by Crippen LogP contribution is 2.17. The van der Waals surface area contributed by atoms with Crippen molar-refractivity contribution in [3.8, 4) is 0 Å². The zero-order chi connectivity index (χ0) is 13.4. The minimum atomic E-state index is 0.792. The fraction of sp³-hybridized carbons (Fsp3) is 0.923. The molecule has 5 heteroatoms. The van der Waals surface area contributed by atoms with Crippen LogP contribution < -0.4 is 5.32 Å². The molecule has 1 rings (SSSR count). The van der Waals surface area contributed by atoms with Crippen molar-refractivity contribution in [1.82, 2.24) is 15.1 Å². The maximum atomic E-state index is 5.41. The summed E-state index contributed by atoms with van der Waals surface area (Å²) in [6, 6.07) is 0. The SMILES string of the molecule is COCCCNC(=S)N1CCC(CN(C)C)CC1. The van der Waals surface area contributed by atoms with Crippen LogP contribution in [-0.2, 0) is 4.74 Å². The van der Waals surface area contributed by atoms with E-state index in [0.29, 0.717) is 0 Å². The summed E-state index contributed by atoms with van der Waals surface area (Å²) in [5.41, 5.74) is 0. The molecular weight excluding hydrogens is 246 g/mol. The van der Waals surface area contributed by atoms with Crippen LogP contribution in [0.4, 0.5) is 0 Å². The number of thiocarbonyl (C=S) groups is 1. The summed E-state index contributed by atoms with van der Waals surface area (Å²) in [5.74, 6) is 0.826. The topological polar surface area (TPSA) is 27.7 Å². The standard InChI is InChI=1S/C13H27N3OS/c1-15(2)11-12-5-8-16(9-6-12)13(18)14-7-4-10-17-3/h12H,4-11H2,1-3H3,(H,14,18). The molecule has 0 amide bonds. The number of piperidine rings is 1. The van der Waals surface area contributed by atoms with E-state index in [2.05, 4.69) is 29.2 Å². The third kappa shape index (κ3) is 5.98. The van der Waals surface area contributed by atoms with E-state index in [1.54, 1.807) is 7.11 Å². The number of rotatable bonds is 6. The zero-order valence-corrected chi connectivity index (χ0v) is 12.8. The number of nitrogens with one attached hydrogen (secondary N) is 1. The lowest BCUT2D eigenvalue weighted by Gasteiger charge is -2.34. The highest BCUT2D eigenvalue weighted by atomic mass is 32.1. The quantitative estimate of drug-likeness (QED) is 0.579. The second-order valence-electron chi connectivity index (χ2n) is 5.27. The molecule has 0 unspecified atom stereocenters. The molecule has 0 bridgehead atoms. The predicted molar refractivity (Wildman–Crippen MR) is 79.9 cm³/mol. The lowest BCUT2D eigenvalue weighted by molar-refractivity contribution is 0.194. The first-order chi connectivity index (χ1) is 8.63. The Labute approximate surface area is 117 Å². The molecule has 1 N–H and O–H groups in total. The number of hydrogen-bond acceptors (Lipinski definition) is 3. The molecule has 1 aliphatic heterocycles. The average molecular weight is 273 g/mol. The Kier molecular flexibility index (Phi) is 7.54. The molecule has 0 aromatic rings. The first-order valence-electron chi connectivity index (χ1n) is 6.80. The first-order valence-corrected chi connectivity index (χ1v) is 7.20. The largest absolute Gasteiger partial charge is 0.385 e. The van der Waals surface area contributed by atoms with Gasteiger partial charge in [0, 0.05) is 39.9 Å². The molecular formula is C13H27N3OS. The molecule has 1 heterocycles. The van der Waals surface area contributed by atoms with Gasteiger partial charge in [-0.3, -0.25) is 0 Å². The van der Waals surface area contributed by atoms with Crippen molar-refractivity contribution in [2.45, 2.75) is 19.3 Å². The average Bonchev–Trinajstić information content (AvgIpc) is 2.34. The molecule has 0 spiro atoms. The number of ether oxygens (including phenoxy) is 1. The Morgan fingerprint density at radius 2 is 2.06 bits per heavy atom. The summed E-state index contributed by atoms with van der Waals surface area (Å²) in [6.45, 7) is 5.08. The molecule has 18 heavy (non-hydrogen) atoms. The molecule has 106 valence electrons. The molecule has 1 aliphatic rings. The van der Waals surface area contributed by atoms with Crippen molar-refractivity contribution in [1.29, 1.82) is 0 Å². The Hall–Kier alpha value is -0.390. The molecule has 4 nitrogen and oxygen atoms in total. The summed E-state index contributed by atoms with van der Waals surface area (Å²) in [4.78, 5) is 4.58. The van der Waals surface area contributed by atoms with Gasteiger partial charge >= 0.3 is 0 Å². The lowest BCUT2D eigenvalue weighted by atomic mass is 9.97. The van der Waals surface area contributed by atoms with E-state index in [1.165, 1.54) is 19.4 Å². The molecule has 0 aromatic carbocycles. The molecule has 0 atom stereocenters. The number of hydrogen-bond donors (Lipinski definition) is 1. The van der Waals surface area contributed by atoms with Crippen molar-refractivity contribution >= 4 is 17.3 Å². The Morgan fingerprint density at radius 3 is 2.61 bits per heavy atom. The van der Waals surface area contributed by atoms with Gasteiger partial charge in [-0.2, -0.15) is 0 Å². The normalized spacial score (nSPS) is 17.2. The summed E-state index contributed by atoms with van der Waals surface area (Å²) in [6.07, 6.45) is 3.50. The highest BCUT2D eigenvalue weighted by molar-refractivity contribution is 7.80. The maximum Gasteiger partial charge on any atom is 0.168 e. The van der Waals surface area contributed by atoms with Gasteiger partial charge in [-0.05, 0) is 51.5 Å². The van der Waals surface area contributed by atoms with Crippen LogP contribution >= 0.6 is 12.2 Å². The van der Waals surface area contributed by atoms with Crippen molar-refractivity contribution < 1.29 is 4.74 Å². The maximum absolute atomic E-state index is 5.41. The van der Waals surface area contributed by atoms with Crippen molar-refractivity contribution in [2.24, 2.45) is 5.92 Å². The van der Waals surface area contributed by atoms with Crippen LogP contribution in [0, 0.1) is 5.92 Å². The van der Waals surface area contributed by atoms with E-state index in [4.69, 9.17) is 17.0 Å². The summed E-state index contributed by atoms with van der Waals surface area (Å²) in [7, 11) is 6.02. The third-order valence-corrected chi connectivity index (χ3v) is 3.73.